The number of hydrogen-bond acceptors (Lipinski definition) is 7. The third-order valence-corrected chi connectivity index (χ3v) is 10.4. The van der Waals surface area contributed by atoms with Crippen molar-refractivity contribution in [3.05, 3.63) is 173 Å². The van der Waals surface area contributed by atoms with Gasteiger partial charge in [0.25, 0.3) is 0 Å². The molecule has 0 amide bonds. The van der Waals surface area contributed by atoms with Gasteiger partial charge in [0.15, 0.2) is 11.6 Å². The normalized spacial score (nSPS) is 11.7. The number of rotatable bonds is 10. The molecule has 1 aliphatic carbocycles. The average molecular weight is 741 g/mol. The molecule has 3 heterocycles. The molecule has 0 saturated carbocycles. The minimum atomic E-state index is -0.577. The van der Waals surface area contributed by atoms with E-state index < -0.39 is 5.54 Å². The minimum absolute atomic E-state index is 0.577. The van der Waals surface area contributed by atoms with E-state index in [1.807, 2.05) is 55.1 Å². The van der Waals surface area contributed by atoms with E-state index in [0.29, 0.717) is 6.42 Å². The number of nitrogens with zero attached hydrogens (tertiary/aromatic N) is 7. The Hall–Kier alpha value is -6.28. The zero-order valence-corrected chi connectivity index (χ0v) is 33.3. The van der Waals surface area contributed by atoms with Gasteiger partial charge in [-0.1, -0.05) is 136 Å². The van der Waals surface area contributed by atoms with Crippen LogP contribution >= 0.6 is 0 Å². The number of benzene rings is 4. The highest BCUT2D eigenvalue weighted by Gasteiger charge is 2.35. The Morgan fingerprint density at radius 2 is 1.39 bits per heavy atom. The monoisotopic (exact) mass is 740 g/mol. The summed E-state index contributed by atoms with van der Waals surface area (Å²) in [6.07, 6.45) is 8.73. The summed E-state index contributed by atoms with van der Waals surface area (Å²) in [6, 6.07) is 44.2. The molecular weight excluding hydrogens is 689 g/mol. The fourth-order valence-corrected chi connectivity index (χ4v) is 7.15. The summed E-state index contributed by atoms with van der Waals surface area (Å²) in [5.41, 5.74) is 11.9. The lowest BCUT2D eigenvalue weighted by Crippen LogP contribution is -2.34. The number of aliphatic imine (C=N–C) groups is 1. The number of hydrogen-bond donors (Lipinski definition) is 1. The zero-order chi connectivity index (χ0) is 39.3. The summed E-state index contributed by atoms with van der Waals surface area (Å²) in [6.45, 7) is 12.1. The van der Waals surface area contributed by atoms with Gasteiger partial charge in [0.05, 0.1) is 0 Å². The molecule has 8 heteroatoms. The molecule has 0 spiro atoms. The number of aryl methyl sites for hydroxylation is 3. The van der Waals surface area contributed by atoms with Crippen LogP contribution in [0.1, 0.15) is 79.2 Å². The van der Waals surface area contributed by atoms with Crippen molar-refractivity contribution in [1.82, 2.24) is 30.2 Å². The van der Waals surface area contributed by atoms with Crippen molar-refractivity contribution in [2.24, 2.45) is 4.99 Å². The fraction of sp³-hybridized carbons (Fsp3) is 0.250. The molecule has 0 bridgehead atoms. The zero-order valence-electron chi connectivity index (χ0n) is 33.3. The fourth-order valence-electron chi connectivity index (χ4n) is 7.15. The number of unbranched alkanes of at least 4 members (excludes halogenated alkanes) is 1. The maximum absolute atomic E-state index is 4.57. The van der Waals surface area contributed by atoms with Gasteiger partial charge in [-0.15, -0.1) is 5.10 Å². The Morgan fingerprint density at radius 3 is 2.02 bits per heavy atom. The predicted molar refractivity (Wildman–Crippen MR) is 231 cm³/mol. The minimum Gasteiger partial charge on any atom is -0.371 e. The van der Waals surface area contributed by atoms with Gasteiger partial charge in [0, 0.05) is 36.6 Å². The maximum atomic E-state index is 4.57. The van der Waals surface area contributed by atoms with Crippen LogP contribution in [0.15, 0.2) is 139 Å². The number of anilines is 1. The lowest BCUT2D eigenvalue weighted by Gasteiger charge is -2.32. The van der Waals surface area contributed by atoms with Crippen LogP contribution in [-0.4, -0.2) is 43.9 Å². The summed E-state index contributed by atoms with van der Waals surface area (Å²) >= 11 is 0. The van der Waals surface area contributed by atoms with Crippen LogP contribution in [0.3, 0.4) is 0 Å². The Bertz CT molecular complexity index is 2280. The van der Waals surface area contributed by atoms with Crippen LogP contribution in [0.25, 0.3) is 22.5 Å². The van der Waals surface area contributed by atoms with Gasteiger partial charge >= 0.3 is 0 Å². The number of fused-ring (bicyclic) bond motifs is 1. The molecule has 0 fully saturated rings. The van der Waals surface area contributed by atoms with Crippen LogP contribution < -0.4 is 5.32 Å². The van der Waals surface area contributed by atoms with Gasteiger partial charge < -0.3 is 5.32 Å². The van der Waals surface area contributed by atoms with Crippen LogP contribution in [-0.2, 0) is 24.8 Å². The molecule has 0 aliphatic heterocycles. The van der Waals surface area contributed by atoms with Crippen LogP contribution in [0.2, 0.25) is 0 Å². The second-order valence-corrected chi connectivity index (χ2v) is 14.1. The van der Waals surface area contributed by atoms with Crippen molar-refractivity contribution in [2.75, 3.05) is 12.4 Å². The molecule has 1 aliphatic rings. The number of pyridine rings is 2. The maximum Gasteiger partial charge on any atom is 0.183 e. The van der Waals surface area contributed by atoms with Crippen molar-refractivity contribution in [3.8, 4) is 22.5 Å². The lowest BCUT2D eigenvalue weighted by molar-refractivity contribution is 0.418. The summed E-state index contributed by atoms with van der Waals surface area (Å²) in [5.74, 6) is 1.52. The summed E-state index contributed by atoms with van der Waals surface area (Å²) in [4.78, 5) is 12.8. The first-order chi connectivity index (χ1) is 27.4. The lowest BCUT2D eigenvalue weighted by atomic mass is 9.84. The highest BCUT2D eigenvalue weighted by atomic mass is 15.6. The van der Waals surface area contributed by atoms with E-state index in [1.165, 1.54) is 42.4 Å². The third-order valence-electron chi connectivity index (χ3n) is 10.4. The Labute approximate surface area is 331 Å². The topological polar surface area (TPSA) is 93.8 Å². The van der Waals surface area contributed by atoms with Crippen LogP contribution in [0, 0.1) is 6.92 Å². The standard InChI is InChI=1S/C30H26N4.C14H16N4.C4H10/c1-30(25-13-4-2-5-14-25,26-15-6-3-7-16-26)34-29(31-32-33-34)28-18-9-8-17-27(28)24-20-19-22-11-10-12-23(22)21-24;1-10-8-12(9-11-6-4-5-7-17-11)18-14(16-3)13(10)15-2;1-3-4-2/h2-9,13-21H,10-12H2,1H3;4-8H,2,9H2,1,3H3,(H,16,18);3-4H2,1-2H3. The van der Waals surface area contributed by atoms with Gasteiger partial charge in [-0.05, 0) is 107 Å². The van der Waals surface area contributed by atoms with Crippen LogP contribution in [0.4, 0.5) is 11.5 Å². The Balaban J connectivity index is 0.000000203. The molecule has 0 saturated heterocycles. The van der Waals surface area contributed by atoms with Gasteiger partial charge in [-0.25, -0.2) is 9.67 Å². The first-order valence-electron chi connectivity index (χ1n) is 19.6. The number of tetrazole rings is 1. The summed E-state index contributed by atoms with van der Waals surface area (Å²) in [5, 5.41) is 16.3. The largest absolute Gasteiger partial charge is 0.371 e. The highest BCUT2D eigenvalue weighted by molar-refractivity contribution is 5.81. The molecule has 0 radical (unpaired) electrons. The van der Waals surface area contributed by atoms with Crippen molar-refractivity contribution in [2.45, 2.75) is 71.8 Å². The van der Waals surface area contributed by atoms with Crippen molar-refractivity contribution in [3.63, 3.8) is 0 Å². The van der Waals surface area contributed by atoms with E-state index in [1.54, 1.807) is 6.20 Å². The molecule has 8 nitrogen and oxygen atoms in total. The smallest absolute Gasteiger partial charge is 0.183 e. The Kier molecular flexibility index (Phi) is 13.3. The molecule has 56 heavy (non-hydrogen) atoms. The second kappa shape index (κ2) is 18.8. The van der Waals surface area contributed by atoms with E-state index in [0.717, 1.165) is 63.0 Å². The quantitative estimate of drug-likeness (QED) is 0.140. The molecular formula is C48H52N8. The SMILES string of the molecule is C=Nc1c(C)cc(Cc2ccccn2)nc1NC.CC(c1ccccc1)(c1ccccc1)n1nnnc1-c1ccccc1-c1ccc2c(c1)CCC2.CCCC. The van der Waals surface area contributed by atoms with E-state index in [4.69, 9.17) is 0 Å². The van der Waals surface area contributed by atoms with Crippen molar-refractivity contribution < 1.29 is 0 Å². The molecule has 3 aromatic heterocycles. The van der Waals surface area contributed by atoms with Gasteiger partial charge in [0.1, 0.15) is 11.2 Å². The summed E-state index contributed by atoms with van der Waals surface area (Å²) < 4.78 is 1.98. The molecule has 7 aromatic rings. The van der Waals surface area contributed by atoms with Gasteiger partial charge in [-0.2, -0.15) is 0 Å². The van der Waals surface area contributed by atoms with E-state index >= 15 is 0 Å². The first kappa shape index (κ1) is 39.4. The van der Waals surface area contributed by atoms with Crippen LogP contribution in [0.5, 0.6) is 0 Å². The van der Waals surface area contributed by atoms with Crippen molar-refractivity contribution >= 4 is 18.2 Å². The Morgan fingerprint density at radius 1 is 0.750 bits per heavy atom. The van der Waals surface area contributed by atoms with Gasteiger partial charge in [-0.3, -0.25) is 9.98 Å². The second-order valence-electron chi connectivity index (χ2n) is 14.1. The molecule has 1 N–H and O–H groups in total. The van der Waals surface area contributed by atoms with Crippen molar-refractivity contribution in [1.29, 1.82) is 0 Å². The van der Waals surface area contributed by atoms with E-state index in [9.17, 15) is 0 Å². The highest BCUT2D eigenvalue weighted by Crippen LogP contribution is 2.39. The van der Waals surface area contributed by atoms with E-state index in [-0.39, 0.29) is 0 Å². The first-order valence-corrected chi connectivity index (χ1v) is 19.6. The molecule has 4 aromatic carbocycles. The summed E-state index contributed by atoms with van der Waals surface area (Å²) in [7, 11) is 1.83. The number of nitrogens with one attached hydrogen (secondary N) is 1. The third kappa shape index (κ3) is 8.81. The van der Waals surface area contributed by atoms with Gasteiger partial charge in [0.2, 0.25) is 0 Å². The molecule has 0 unspecified atom stereocenters. The predicted octanol–water partition coefficient (Wildman–Crippen LogP) is 10.9. The van der Waals surface area contributed by atoms with E-state index in [2.05, 4.69) is 154 Å². The average Bonchev–Trinajstić information content (AvgIpc) is 3.95. The molecule has 8 rings (SSSR count). The molecule has 0 atom stereocenters. The number of aromatic nitrogens is 6. The molecule has 284 valence electrons.